The Labute approximate surface area is 135 Å². The minimum atomic E-state index is -0.459. The predicted molar refractivity (Wildman–Crippen MR) is 87.8 cm³/mol. The van der Waals surface area contributed by atoms with Crippen molar-refractivity contribution in [3.63, 3.8) is 0 Å². The van der Waals surface area contributed by atoms with Crippen LogP contribution in [0.15, 0.2) is 30.7 Å². The van der Waals surface area contributed by atoms with E-state index in [9.17, 15) is 4.79 Å². The number of aryl methyl sites for hydroxylation is 1. The lowest BCUT2D eigenvalue weighted by Gasteiger charge is -2.23. The third-order valence-corrected chi connectivity index (χ3v) is 3.52. The molecule has 0 aliphatic carbocycles. The van der Waals surface area contributed by atoms with Gasteiger partial charge in [0.25, 0.3) is 0 Å². The van der Waals surface area contributed by atoms with Gasteiger partial charge in [-0.3, -0.25) is 9.69 Å². The Morgan fingerprint density at radius 3 is 2.26 bits per heavy atom. The van der Waals surface area contributed by atoms with Gasteiger partial charge in [0, 0.05) is 30.9 Å². The van der Waals surface area contributed by atoms with Crippen LogP contribution in [0.25, 0.3) is 0 Å². The first kappa shape index (κ1) is 16.8. The Bertz CT molecular complexity index is 659. The van der Waals surface area contributed by atoms with Crippen molar-refractivity contribution < 1.29 is 14.3 Å². The normalized spacial score (nSPS) is 12.1. The number of ether oxygens (including phenoxy) is 2. The van der Waals surface area contributed by atoms with E-state index in [1.54, 1.807) is 44.9 Å². The van der Waals surface area contributed by atoms with Gasteiger partial charge < -0.3 is 19.4 Å². The molecule has 0 aliphatic heterocycles. The van der Waals surface area contributed by atoms with Gasteiger partial charge in [-0.2, -0.15) is 0 Å². The fourth-order valence-electron chi connectivity index (χ4n) is 2.35. The molecular weight excluding hydrogens is 296 g/mol. The Morgan fingerprint density at radius 2 is 1.83 bits per heavy atom. The summed E-state index contributed by atoms with van der Waals surface area (Å²) in [5.41, 5.74) is 1.42. The quantitative estimate of drug-likeness (QED) is 0.877. The number of anilines is 1. The van der Waals surface area contributed by atoms with E-state index in [0.717, 1.165) is 5.69 Å². The number of hydrogen-bond acceptors (Lipinski definition) is 5. The van der Waals surface area contributed by atoms with E-state index < -0.39 is 6.04 Å². The molecule has 0 aliphatic rings. The van der Waals surface area contributed by atoms with Crippen molar-refractivity contribution in [2.45, 2.75) is 6.04 Å². The van der Waals surface area contributed by atoms with Crippen LogP contribution in [-0.2, 0) is 11.8 Å². The molecule has 124 valence electrons. The molecule has 1 aromatic heterocycles. The summed E-state index contributed by atoms with van der Waals surface area (Å²) < 4.78 is 12.3. The molecule has 0 saturated heterocycles. The van der Waals surface area contributed by atoms with E-state index in [4.69, 9.17) is 9.47 Å². The van der Waals surface area contributed by atoms with Crippen molar-refractivity contribution in [2.75, 3.05) is 33.6 Å². The number of benzene rings is 1. The second-order valence-corrected chi connectivity index (χ2v) is 5.39. The minimum absolute atomic E-state index is 0.158. The van der Waals surface area contributed by atoms with E-state index in [0.29, 0.717) is 17.2 Å². The third-order valence-electron chi connectivity index (χ3n) is 3.52. The van der Waals surface area contributed by atoms with Gasteiger partial charge in [-0.1, -0.05) is 0 Å². The number of carbonyl (C=O) groups excluding carboxylic acids is 1. The SMILES string of the molecule is COc1cc(NC(=O)C(c2cncn2C)N(C)C)cc(OC)c1. The molecule has 0 saturated carbocycles. The molecular formula is C16H22N4O3. The zero-order valence-corrected chi connectivity index (χ0v) is 14.0. The number of amides is 1. The molecule has 7 heteroatoms. The molecule has 0 bridgehead atoms. The number of methoxy groups -OCH3 is 2. The highest BCUT2D eigenvalue weighted by atomic mass is 16.5. The molecule has 1 atom stereocenters. The molecule has 1 amide bonds. The standard InChI is InChI=1S/C16H22N4O3/c1-19(2)15(14-9-17-10-20(14)3)16(21)18-11-6-12(22-4)8-13(7-11)23-5/h6-10,15H,1-5H3,(H,18,21). The van der Waals surface area contributed by atoms with Crippen LogP contribution >= 0.6 is 0 Å². The van der Waals surface area contributed by atoms with Crippen LogP contribution in [0.5, 0.6) is 11.5 Å². The zero-order valence-electron chi connectivity index (χ0n) is 14.0. The fourth-order valence-corrected chi connectivity index (χ4v) is 2.35. The first-order chi connectivity index (χ1) is 11.0. The topological polar surface area (TPSA) is 68.6 Å². The van der Waals surface area contributed by atoms with E-state index >= 15 is 0 Å². The minimum Gasteiger partial charge on any atom is -0.497 e. The Hall–Kier alpha value is -2.54. The van der Waals surface area contributed by atoms with Gasteiger partial charge in [-0.15, -0.1) is 0 Å². The van der Waals surface area contributed by atoms with Gasteiger partial charge in [-0.05, 0) is 14.1 Å². The zero-order chi connectivity index (χ0) is 17.0. The van der Waals surface area contributed by atoms with E-state index in [1.807, 2.05) is 30.6 Å². The molecule has 2 rings (SSSR count). The number of likely N-dealkylation sites (N-methyl/N-ethyl adjacent to an activating group) is 1. The van der Waals surface area contributed by atoms with Crippen molar-refractivity contribution in [1.82, 2.24) is 14.5 Å². The van der Waals surface area contributed by atoms with Gasteiger partial charge in [0.15, 0.2) is 0 Å². The maximum absolute atomic E-state index is 12.7. The van der Waals surface area contributed by atoms with Gasteiger partial charge in [0.05, 0.1) is 32.4 Å². The van der Waals surface area contributed by atoms with Crippen LogP contribution in [-0.4, -0.2) is 48.7 Å². The third kappa shape index (κ3) is 3.81. The number of carbonyl (C=O) groups is 1. The van der Waals surface area contributed by atoms with Crippen molar-refractivity contribution in [1.29, 1.82) is 0 Å². The van der Waals surface area contributed by atoms with Crippen LogP contribution in [0.4, 0.5) is 5.69 Å². The van der Waals surface area contributed by atoms with Crippen LogP contribution in [0.2, 0.25) is 0 Å². The van der Waals surface area contributed by atoms with Crippen LogP contribution in [0, 0.1) is 0 Å². The van der Waals surface area contributed by atoms with Gasteiger partial charge in [0.1, 0.15) is 17.5 Å². The molecule has 0 radical (unpaired) electrons. The first-order valence-electron chi connectivity index (χ1n) is 7.12. The van der Waals surface area contributed by atoms with E-state index in [2.05, 4.69) is 10.3 Å². The molecule has 7 nitrogen and oxygen atoms in total. The number of imidazole rings is 1. The molecule has 23 heavy (non-hydrogen) atoms. The summed E-state index contributed by atoms with van der Waals surface area (Å²) in [4.78, 5) is 18.7. The van der Waals surface area contributed by atoms with Crippen LogP contribution in [0.1, 0.15) is 11.7 Å². The maximum atomic E-state index is 12.7. The molecule has 1 unspecified atom stereocenters. The van der Waals surface area contributed by atoms with Crippen LogP contribution in [0.3, 0.4) is 0 Å². The largest absolute Gasteiger partial charge is 0.497 e. The molecule has 2 aromatic rings. The highest BCUT2D eigenvalue weighted by Gasteiger charge is 2.25. The van der Waals surface area contributed by atoms with Crippen molar-refractivity contribution in [3.05, 3.63) is 36.4 Å². The number of rotatable bonds is 6. The van der Waals surface area contributed by atoms with Crippen LogP contribution < -0.4 is 14.8 Å². The molecule has 1 heterocycles. The van der Waals surface area contributed by atoms with Gasteiger partial charge in [0.2, 0.25) is 5.91 Å². The van der Waals surface area contributed by atoms with Crippen molar-refractivity contribution >= 4 is 11.6 Å². The van der Waals surface area contributed by atoms with Crippen molar-refractivity contribution in [2.24, 2.45) is 7.05 Å². The molecule has 1 aromatic carbocycles. The average Bonchev–Trinajstić information content (AvgIpc) is 2.92. The van der Waals surface area contributed by atoms with E-state index in [1.165, 1.54) is 0 Å². The maximum Gasteiger partial charge on any atom is 0.247 e. The Balaban J connectivity index is 2.27. The molecule has 0 fully saturated rings. The summed E-state index contributed by atoms with van der Waals surface area (Å²) in [6.07, 6.45) is 3.37. The fraction of sp³-hybridized carbons (Fsp3) is 0.375. The summed E-state index contributed by atoms with van der Waals surface area (Å²) in [6, 6.07) is 4.78. The number of nitrogens with zero attached hydrogens (tertiary/aromatic N) is 3. The lowest BCUT2D eigenvalue weighted by Crippen LogP contribution is -2.33. The second kappa shape index (κ2) is 7.15. The molecule has 0 spiro atoms. The van der Waals surface area contributed by atoms with Gasteiger partial charge in [-0.25, -0.2) is 4.98 Å². The highest BCUT2D eigenvalue weighted by Crippen LogP contribution is 2.27. The van der Waals surface area contributed by atoms with Gasteiger partial charge >= 0.3 is 0 Å². The van der Waals surface area contributed by atoms with Crippen molar-refractivity contribution in [3.8, 4) is 11.5 Å². The smallest absolute Gasteiger partial charge is 0.247 e. The van der Waals surface area contributed by atoms with E-state index in [-0.39, 0.29) is 5.91 Å². The number of nitrogens with one attached hydrogen (secondary N) is 1. The summed E-state index contributed by atoms with van der Waals surface area (Å²) in [5.74, 6) is 1.07. The monoisotopic (exact) mass is 318 g/mol. The Kier molecular flexibility index (Phi) is 5.23. The lowest BCUT2D eigenvalue weighted by atomic mass is 10.1. The number of aromatic nitrogens is 2. The molecule has 1 N–H and O–H groups in total. The summed E-state index contributed by atoms with van der Waals surface area (Å²) in [6.45, 7) is 0. The summed E-state index contributed by atoms with van der Waals surface area (Å²) >= 11 is 0. The summed E-state index contributed by atoms with van der Waals surface area (Å²) in [5, 5.41) is 2.91. The first-order valence-corrected chi connectivity index (χ1v) is 7.12. The summed E-state index contributed by atoms with van der Waals surface area (Å²) in [7, 11) is 8.70. The predicted octanol–water partition coefficient (Wildman–Crippen LogP) is 1.68. The second-order valence-electron chi connectivity index (χ2n) is 5.39. The average molecular weight is 318 g/mol. The highest BCUT2D eigenvalue weighted by molar-refractivity contribution is 5.95. The lowest BCUT2D eigenvalue weighted by molar-refractivity contribution is -0.120. The Morgan fingerprint density at radius 1 is 1.22 bits per heavy atom. The number of hydrogen-bond donors (Lipinski definition) is 1.